The molecular formula is C10H17N3O4. The quantitative estimate of drug-likeness (QED) is 0.485. The Morgan fingerprint density at radius 2 is 2.35 bits per heavy atom. The molecule has 1 amide bonds. The van der Waals surface area contributed by atoms with Crippen LogP contribution in [-0.4, -0.2) is 66.9 Å². The zero-order valence-electron chi connectivity index (χ0n) is 9.68. The molecule has 0 saturated carbocycles. The molecule has 1 fully saturated rings. The van der Waals surface area contributed by atoms with Crippen molar-refractivity contribution in [2.45, 2.75) is 18.5 Å². The average molecular weight is 243 g/mol. The maximum Gasteiger partial charge on any atom is 0.305 e. The summed E-state index contributed by atoms with van der Waals surface area (Å²) >= 11 is 0. The normalized spacial score (nSPS) is 22.8. The Hall–Kier alpha value is -1.47. The Morgan fingerprint density at radius 3 is 2.88 bits per heavy atom. The van der Waals surface area contributed by atoms with E-state index in [1.807, 2.05) is 11.9 Å². The Morgan fingerprint density at radius 1 is 1.65 bits per heavy atom. The molecule has 7 nitrogen and oxygen atoms in total. The van der Waals surface area contributed by atoms with E-state index in [4.69, 9.17) is 5.11 Å². The van der Waals surface area contributed by atoms with Gasteiger partial charge in [0.15, 0.2) is 0 Å². The van der Waals surface area contributed by atoms with Crippen LogP contribution in [0.4, 0.5) is 0 Å². The number of likely N-dealkylation sites (N-methyl/N-ethyl adjacent to an activating group) is 1. The van der Waals surface area contributed by atoms with Gasteiger partial charge >= 0.3 is 5.97 Å². The van der Waals surface area contributed by atoms with Gasteiger partial charge in [0, 0.05) is 19.6 Å². The van der Waals surface area contributed by atoms with E-state index in [1.165, 1.54) is 0 Å². The average Bonchev–Trinajstić information content (AvgIpc) is 2.27. The van der Waals surface area contributed by atoms with Crippen LogP contribution in [0.2, 0.25) is 0 Å². The van der Waals surface area contributed by atoms with Crippen LogP contribution in [0.1, 0.15) is 6.42 Å². The topological polar surface area (TPSA) is 98.7 Å². The van der Waals surface area contributed by atoms with Crippen molar-refractivity contribution >= 4 is 18.2 Å². The van der Waals surface area contributed by atoms with Crippen LogP contribution in [0.3, 0.4) is 0 Å². The number of amides is 1. The van der Waals surface area contributed by atoms with Crippen LogP contribution in [0.15, 0.2) is 0 Å². The number of piperazine rings is 1. The molecular weight excluding hydrogens is 226 g/mol. The fraction of sp³-hybridized carbons (Fsp3) is 0.700. The van der Waals surface area contributed by atoms with Gasteiger partial charge in [-0.2, -0.15) is 0 Å². The Bertz CT molecular complexity index is 308. The highest BCUT2D eigenvalue weighted by Gasteiger charge is 2.27. The maximum absolute atomic E-state index is 11.8. The second-order valence-electron chi connectivity index (χ2n) is 4.05. The number of hydrogen-bond donors (Lipinski definition) is 3. The predicted molar refractivity (Wildman–Crippen MR) is 59.5 cm³/mol. The van der Waals surface area contributed by atoms with Crippen molar-refractivity contribution in [1.82, 2.24) is 15.5 Å². The second-order valence-corrected chi connectivity index (χ2v) is 4.05. The largest absolute Gasteiger partial charge is 0.481 e. The molecule has 3 N–H and O–H groups in total. The Balaban J connectivity index is 2.51. The lowest BCUT2D eigenvalue weighted by Crippen LogP contribution is -2.57. The highest BCUT2D eigenvalue weighted by molar-refractivity contribution is 5.86. The molecule has 2 atom stereocenters. The number of aldehydes is 1. The molecule has 1 rings (SSSR count). The van der Waals surface area contributed by atoms with Gasteiger partial charge in [-0.3, -0.25) is 14.5 Å². The van der Waals surface area contributed by atoms with Crippen LogP contribution in [-0.2, 0) is 14.4 Å². The molecule has 1 aliphatic heterocycles. The molecule has 0 aliphatic carbocycles. The van der Waals surface area contributed by atoms with E-state index < -0.39 is 12.0 Å². The van der Waals surface area contributed by atoms with Crippen molar-refractivity contribution in [3.8, 4) is 0 Å². The van der Waals surface area contributed by atoms with Crippen molar-refractivity contribution in [1.29, 1.82) is 0 Å². The van der Waals surface area contributed by atoms with Crippen molar-refractivity contribution < 1.29 is 19.5 Å². The summed E-state index contributed by atoms with van der Waals surface area (Å²) in [7, 11) is 1.82. The van der Waals surface area contributed by atoms with Crippen LogP contribution in [0.25, 0.3) is 0 Å². The molecule has 0 aromatic carbocycles. The minimum absolute atomic E-state index is 0.321. The highest BCUT2D eigenvalue weighted by atomic mass is 16.4. The second kappa shape index (κ2) is 6.31. The molecule has 0 bridgehead atoms. The summed E-state index contributed by atoms with van der Waals surface area (Å²) in [5.74, 6) is -1.43. The van der Waals surface area contributed by atoms with Crippen molar-refractivity contribution in [2.75, 3.05) is 26.7 Å². The van der Waals surface area contributed by atoms with Gasteiger partial charge in [0.05, 0.1) is 12.5 Å². The molecule has 17 heavy (non-hydrogen) atoms. The van der Waals surface area contributed by atoms with Crippen molar-refractivity contribution in [2.24, 2.45) is 0 Å². The number of rotatable bonds is 5. The molecule has 1 unspecified atom stereocenters. The number of hydrogen-bond acceptors (Lipinski definition) is 5. The minimum atomic E-state index is -1.11. The Labute approximate surface area is 99.2 Å². The SMILES string of the molecule is CN1CCNCC1C(=O)N[C@H](C=O)CC(=O)O. The van der Waals surface area contributed by atoms with Crippen molar-refractivity contribution in [3.63, 3.8) is 0 Å². The van der Waals surface area contributed by atoms with E-state index in [0.717, 1.165) is 13.1 Å². The summed E-state index contributed by atoms with van der Waals surface area (Å²) in [6, 6.07) is -1.32. The standard InChI is InChI=1S/C10H17N3O4/c1-13-3-2-11-5-8(13)10(17)12-7(6-14)4-9(15)16/h6-8,11H,2-5H2,1H3,(H,12,17)(H,15,16)/t7-,8?/m0/s1. The first-order valence-corrected chi connectivity index (χ1v) is 5.43. The van der Waals surface area contributed by atoms with E-state index in [9.17, 15) is 14.4 Å². The first kappa shape index (κ1) is 13.6. The molecule has 0 aromatic rings. The lowest BCUT2D eigenvalue weighted by molar-refractivity contribution is -0.139. The first-order chi connectivity index (χ1) is 8.04. The number of nitrogens with zero attached hydrogens (tertiary/aromatic N) is 1. The monoisotopic (exact) mass is 243 g/mol. The molecule has 1 saturated heterocycles. The third kappa shape index (κ3) is 4.12. The van der Waals surface area contributed by atoms with Gasteiger partial charge in [-0.25, -0.2) is 0 Å². The third-order valence-electron chi connectivity index (χ3n) is 2.70. The van der Waals surface area contributed by atoms with Crippen molar-refractivity contribution in [3.05, 3.63) is 0 Å². The van der Waals surface area contributed by atoms with Crippen LogP contribution in [0, 0.1) is 0 Å². The smallest absolute Gasteiger partial charge is 0.305 e. The molecule has 0 aromatic heterocycles. The molecule has 96 valence electrons. The van der Waals surface area contributed by atoms with Gasteiger partial charge in [0.25, 0.3) is 0 Å². The lowest BCUT2D eigenvalue weighted by Gasteiger charge is -2.32. The molecule has 1 heterocycles. The summed E-state index contributed by atoms with van der Waals surface area (Å²) in [6.07, 6.45) is 0.0569. The van der Waals surface area contributed by atoms with E-state index in [-0.39, 0.29) is 18.4 Å². The fourth-order valence-corrected chi connectivity index (χ4v) is 1.70. The van der Waals surface area contributed by atoms with E-state index >= 15 is 0 Å². The lowest BCUT2D eigenvalue weighted by atomic mass is 10.1. The Kier molecular flexibility index (Phi) is 5.05. The van der Waals surface area contributed by atoms with Gasteiger partial charge in [-0.05, 0) is 7.05 Å². The molecule has 7 heteroatoms. The summed E-state index contributed by atoms with van der Waals surface area (Å²) in [5, 5.41) is 14.1. The molecule has 0 spiro atoms. The molecule has 1 aliphatic rings. The number of nitrogens with one attached hydrogen (secondary N) is 2. The zero-order valence-corrected chi connectivity index (χ0v) is 9.68. The fourth-order valence-electron chi connectivity index (χ4n) is 1.70. The van der Waals surface area contributed by atoms with Gasteiger partial charge in [0.2, 0.25) is 5.91 Å². The van der Waals surface area contributed by atoms with E-state index in [0.29, 0.717) is 12.8 Å². The summed E-state index contributed by atoms with van der Waals surface area (Å²) in [4.78, 5) is 34.8. The van der Waals surface area contributed by atoms with Crippen LogP contribution >= 0.6 is 0 Å². The third-order valence-corrected chi connectivity index (χ3v) is 2.70. The highest BCUT2D eigenvalue weighted by Crippen LogP contribution is 2.01. The first-order valence-electron chi connectivity index (χ1n) is 5.43. The van der Waals surface area contributed by atoms with E-state index in [2.05, 4.69) is 10.6 Å². The summed E-state index contributed by atoms with van der Waals surface area (Å²) < 4.78 is 0. The number of carbonyl (C=O) groups excluding carboxylic acids is 2. The number of carboxylic acid groups (broad SMARTS) is 1. The number of carboxylic acids is 1. The minimum Gasteiger partial charge on any atom is -0.481 e. The van der Waals surface area contributed by atoms with Gasteiger partial charge in [-0.15, -0.1) is 0 Å². The summed E-state index contributed by atoms with van der Waals surface area (Å²) in [5.41, 5.74) is 0. The van der Waals surface area contributed by atoms with Gasteiger partial charge < -0.3 is 20.5 Å². The van der Waals surface area contributed by atoms with Crippen LogP contribution < -0.4 is 10.6 Å². The summed E-state index contributed by atoms with van der Waals surface area (Å²) in [6.45, 7) is 2.05. The maximum atomic E-state index is 11.8. The van der Waals surface area contributed by atoms with Crippen LogP contribution in [0.5, 0.6) is 0 Å². The van der Waals surface area contributed by atoms with Gasteiger partial charge in [-0.1, -0.05) is 0 Å². The zero-order chi connectivity index (χ0) is 12.8. The predicted octanol–water partition coefficient (Wildman–Crippen LogP) is -1.95. The van der Waals surface area contributed by atoms with Gasteiger partial charge in [0.1, 0.15) is 12.3 Å². The number of aliphatic carboxylic acids is 1. The van der Waals surface area contributed by atoms with E-state index in [1.54, 1.807) is 0 Å². The number of carbonyl (C=O) groups is 3. The molecule has 0 radical (unpaired) electrons.